The monoisotopic (exact) mass is 377 g/mol. The fourth-order valence-corrected chi connectivity index (χ4v) is 2.73. The first-order valence-electron chi connectivity index (χ1n) is 8.22. The van der Waals surface area contributed by atoms with Crippen molar-refractivity contribution in [1.29, 1.82) is 0 Å². The van der Waals surface area contributed by atoms with Crippen LogP contribution < -0.4 is 5.32 Å². The molecule has 3 aromatic rings. The van der Waals surface area contributed by atoms with E-state index >= 15 is 0 Å². The first-order valence-corrected chi connectivity index (χ1v) is 8.22. The van der Waals surface area contributed by atoms with Gasteiger partial charge in [0.2, 0.25) is 0 Å². The van der Waals surface area contributed by atoms with Crippen molar-refractivity contribution in [2.45, 2.75) is 33.2 Å². The minimum Gasteiger partial charge on any atom is -0.347 e. The van der Waals surface area contributed by atoms with Crippen LogP contribution >= 0.6 is 0 Å². The summed E-state index contributed by atoms with van der Waals surface area (Å²) in [7, 11) is 0. The Kier molecular flexibility index (Phi) is 5.02. The highest BCUT2D eigenvalue weighted by Crippen LogP contribution is 2.31. The molecule has 0 saturated heterocycles. The normalized spacial score (nSPS) is 11.6. The summed E-state index contributed by atoms with van der Waals surface area (Å²) in [4.78, 5) is 12.2. The molecule has 27 heavy (non-hydrogen) atoms. The Morgan fingerprint density at radius 2 is 1.89 bits per heavy atom. The number of rotatable bonds is 5. The zero-order chi connectivity index (χ0) is 19.6. The van der Waals surface area contributed by atoms with Crippen molar-refractivity contribution in [3.63, 3.8) is 0 Å². The third-order valence-electron chi connectivity index (χ3n) is 4.02. The van der Waals surface area contributed by atoms with Crippen LogP contribution in [0.15, 0.2) is 42.6 Å². The van der Waals surface area contributed by atoms with Crippen LogP contribution in [0.1, 0.15) is 33.0 Å². The van der Waals surface area contributed by atoms with Gasteiger partial charge in [0.25, 0.3) is 5.91 Å². The number of benzene rings is 1. The highest BCUT2D eigenvalue weighted by Gasteiger charge is 2.32. The molecular weight excluding hydrogens is 359 g/mol. The lowest BCUT2D eigenvalue weighted by atomic mass is 10.1. The predicted molar refractivity (Wildman–Crippen MR) is 91.9 cm³/mol. The molecule has 3 rings (SSSR count). The Hall–Kier alpha value is -3.10. The van der Waals surface area contributed by atoms with Crippen LogP contribution in [-0.2, 0) is 19.4 Å². The molecule has 1 N–H and O–H groups in total. The summed E-state index contributed by atoms with van der Waals surface area (Å²) < 4.78 is 42.3. The molecule has 0 bridgehead atoms. The van der Waals surface area contributed by atoms with Gasteiger partial charge in [-0.25, -0.2) is 4.68 Å². The first-order chi connectivity index (χ1) is 12.7. The second-order valence-corrected chi connectivity index (χ2v) is 6.15. The number of aryl methyl sites for hydroxylation is 2. The van der Waals surface area contributed by atoms with Gasteiger partial charge in [-0.2, -0.15) is 23.4 Å². The molecule has 142 valence electrons. The third kappa shape index (κ3) is 4.36. The van der Waals surface area contributed by atoms with Crippen molar-refractivity contribution >= 4 is 5.91 Å². The largest absolute Gasteiger partial charge is 0.416 e. The lowest BCUT2D eigenvalue weighted by Crippen LogP contribution is -2.25. The molecule has 1 amide bonds. The van der Waals surface area contributed by atoms with Gasteiger partial charge in [-0.1, -0.05) is 18.2 Å². The molecule has 0 fully saturated rings. The number of alkyl halides is 3. The van der Waals surface area contributed by atoms with Crippen molar-refractivity contribution in [1.82, 2.24) is 24.9 Å². The van der Waals surface area contributed by atoms with E-state index in [0.717, 1.165) is 17.5 Å². The SMILES string of the molecule is Cc1cc(C)n(Cn2ccc(C(=O)NCc3ccccc3C(F)(F)F)n2)n1. The van der Waals surface area contributed by atoms with Crippen LogP contribution in [0, 0.1) is 13.8 Å². The lowest BCUT2D eigenvalue weighted by molar-refractivity contribution is -0.138. The number of nitrogens with zero attached hydrogens (tertiary/aromatic N) is 4. The Bertz CT molecular complexity index is 958. The molecule has 0 spiro atoms. The second-order valence-electron chi connectivity index (χ2n) is 6.15. The molecule has 0 aliphatic carbocycles. The number of amides is 1. The standard InChI is InChI=1S/C18H18F3N5O/c1-12-9-13(2)26(23-12)11-25-8-7-16(24-25)17(27)22-10-14-5-3-4-6-15(14)18(19,20)21/h3-9H,10-11H2,1-2H3,(H,22,27). The van der Waals surface area contributed by atoms with Crippen LogP contribution in [-0.4, -0.2) is 25.5 Å². The molecule has 2 aromatic heterocycles. The van der Waals surface area contributed by atoms with Crippen molar-refractivity contribution in [2.75, 3.05) is 0 Å². The highest BCUT2D eigenvalue weighted by atomic mass is 19.4. The molecule has 0 saturated carbocycles. The predicted octanol–water partition coefficient (Wildman–Crippen LogP) is 3.15. The van der Waals surface area contributed by atoms with E-state index in [1.165, 1.54) is 28.9 Å². The molecule has 1 aromatic carbocycles. The van der Waals surface area contributed by atoms with Gasteiger partial charge in [0.05, 0.1) is 11.3 Å². The third-order valence-corrected chi connectivity index (χ3v) is 4.02. The number of hydrogen-bond donors (Lipinski definition) is 1. The maximum absolute atomic E-state index is 13.0. The van der Waals surface area contributed by atoms with E-state index in [9.17, 15) is 18.0 Å². The maximum Gasteiger partial charge on any atom is 0.416 e. The van der Waals surface area contributed by atoms with E-state index in [-0.39, 0.29) is 17.8 Å². The van der Waals surface area contributed by atoms with E-state index in [4.69, 9.17) is 0 Å². The highest BCUT2D eigenvalue weighted by molar-refractivity contribution is 5.92. The minimum atomic E-state index is -4.47. The first kappa shape index (κ1) is 18.7. The summed E-state index contributed by atoms with van der Waals surface area (Å²) in [6.45, 7) is 3.89. The average Bonchev–Trinajstić information content (AvgIpc) is 3.19. The fraction of sp³-hybridized carbons (Fsp3) is 0.278. The Morgan fingerprint density at radius 1 is 1.15 bits per heavy atom. The molecule has 9 heteroatoms. The maximum atomic E-state index is 13.0. The molecule has 2 heterocycles. The van der Waals surface area contributed by atoms with E-state index in [2.05, 4.69) is 15.5 Å². The van der Waals surface area contributed by atoms with Crippen molar-refractivity contribution in [3.8, 4) is 0 Å². The van der Waals surface area contributed by atoms with E-state index in [1.54, 1.807) is 10.9 Å². The summed E-state index contributed by atoms with van der Waals surface area (Å²) in [5, 5.41) is 11.0. The Labute approximate surface area is 153 Å². The zero-order valence-electron chi connectivity index (χ0n) is 14.8. The number of aromatic nitrogens is 4. The van der Waals surface area contributed by atoms with Gasteiger partial charge >= 0.3 is 6.18 Å². The molecule has 6 nitrogen and oxygen atoms in total. The average molecular weight is 377 g/mol. The van der Waals surface area contributed by atoms with Crippen LogP contribution in [0.25, 0.3) is 0 Å². The van der Waals surface area contributed by atoms with Crippen LogP contribution in [0.2, 0.25) is 0 Å². The van der Waals surface area contributed by atoms with Crippen LogP contribution in [0.3, 0.4) is 0 Å². The van der Waals surface area contributed by atoms with Gasteiger partial charge in [0, 0.05) is 18.4 Å². The fourth-order valence-electron chi connectivity index (χ4n) is 2.73. The summed E-state index contributed by atoms with van der Waals surface area (Å²) in [5.41, 5.74) is 1.19. The van der Waals surface area contributed by atoms with Crippen molar-refractivity contribution in [2.24, 2.45) is 0 Å². The van der Waals surface area contributed by atoms with E-state index in [0.29, 0.717) is 6.67 Å². The topological polar surface area (TPSA) is 64.7 Å². The molecule has 0 unspecified atom stereocenters. The summed E-state index contributed by atoms with van der Waals surface area (Å²) in [6, 6.07) is 8.58. The van der Waals surface area contributed by atoms with E-state index < -0.39 is 17.6 Å². The second kappa shape index (κ2) is 7.26. The van der Waals surface area contributed by atoms with Gasteiger partial charge in [0.15, 0.2) is 0 Å². The zero-order valence-corrected chi connectivity index (χ0v) is 14.8. The smallest absolute Gasteiger partial charge is 0.347 e. The number of carbonyl (C=O) groups excluding carboxylic acids is 1. The van der Waals surface area contributed by atoms with Crippen LogP contribution in [0.5, 0.6) is 0 Å². The summed E-state index contributed by atoms with van der Waals surface area (Å²) >= 11 is 0. The number of hydrogen-bond acceptors (Lipinski definition) is 3. The van der Waals surface area contributed by atoms with E-state index in [1.807, 2.05) is 19.9 Å². The minimum absolute atomic E-state index is 0.000392. The van der Waals surface area contributed by atoms with Gasteiger partial charge in [-0.15, -0.1) is 0 Å². The molecule has 0 atom stereocenters. The molecular formula is C18H18F3N5O. The van der Waals surface area contributed by atoms with Gasteiger partial charge in [0.1, 0.15) is 12.4 Å². The van der Waals surface area contributed by atoms with Gasteiger partial charge in [-0.3, -0.25) is 9.48 Å². The quantitative estimate of drug-likeness (QED) is 0.743. The number of nitrogens with one attached hydrogen (secondary N) is 1. The Morgan fingerprint density at radius 3 is 2.56 bits per heavy atom. The number of carbonyl (C=O) groups is 1. The van der Waals surface area contributed by atoms with Crippen molar-refractivity contribution in [3.05, 3.63) is 70.8 Å². The molecule has 0 aliphatic rings. The van der Waals surface area contributed by atoms with Gasteiger partial charge in [-0.05, 0) is 37.6 Å². The Balaban J connectivity index is 1.66. The van der Waals surface area contributed by atoms with Crippen LogP contribution in [0.4, 0.5) is 13.2 Å². The van der Waals surface area contributed by atoms with Gasteiger partial charge < -0.3 is 5.32 Å². The summed E-state index contributed by atoms with van der Waals surface area (Å²) in [6.07, 6.45) is -2.85. The van der Waals surface area contributed by atoms with Crippen molar-refractivity contribution < 1.29 is 18.0 Å². The lowest BCUT2D eigenvalue weighted by Gasteiger charge is -2.12. The number of halogens is 3. The summed E-state index contributed by atoms with van der Waals surface area (Å²) in [5.74, 6) is -0.543. The molecule has 0 radical (unpaired) electrons. The molecule has 0 aliphatic heterocycles.